The Balaban J connectivity index is 1.58. The lowest BCUT2D eigenvalue weighted by Gasteiger charge is -2.31. The number of nitriles is 1. The molecule has 148 valence electrons. The molecule has 0 unspecified atom stereocenters. The zero-order valence-corrected chi connectivity index (χ0v) is 17.5. The van der Waals surface area contributed by atoms with Gasteiger partial charge in [0.1, 0.15) is 11.1 Å². The van der Waals surface area contributed by atoms with Crippen LogP contribution in [0.2, 0.25) is 0 Å². The zero-order valence-electron chi connectivity index (χ0n) is 16.7. The Morgan fingerprint density at radius 2 is 1.83 bits per heavy atom. The van der Waals surface area contributed by atoms with Crippen LogP contribution in [0.1, 0.15) is 28.8 Å². The molecule has 1 fully saturated rings. The highest BCUT2D eigenvalue weighted by Gasteiger charge is 2.25. The first-order valence-corrected chi connectivity index (χ1v) is 11.2. The van der Waals surface area contributed by atoms with Crippen LogP contribution in [0.25, 0.3) is 11.0 Å². The molecule has 2 aliphatic rings. The van der Waals surface area contributed by atoms with Crippen LogP contribution >= 0.6 is 11.3 Å². The Labute approximate surface area is 174 Å². The van der Waals surface area contributed by atoms with Gasteiger partial charge in [0, 0.05) is 4.88 Å². The predicted molar refractivity (Wildman–Crippen MR) is 117 cm³/mol. The molecule has 3 aromatic rings. The van der Waals surface area contributed by atoms with Crippen LogP contribution in [0.4, 0.5) is 16.6 Å². The van der Waals surface area contributed by atoms with E-state index in [4.69, 9.17) is 9.97 Å². The van der Waals surface area contributed by atoms with E-state index < -0.39 is 0 Å². The Morgan fingerprint density at radius 1 is 1.10 bits per heavy atom. The number of nitrogens with one attached hydrogen (secondary N) is 2. The van der Waals surface area contributed by atoms with Crippen LogP contribution in [0, 0.1) is 11.3 Å². The van der Waals surface area contributed by atoms with Crippen molar-refractivity contribution in [3.05, 3.63) is 40.3 Å². The summed E-state index contributed by atoms with van der Waals surface area (Å²) in [5, 5.41) is 14.3. The summed E-state index contributed by atoms with van der Waals surface area (Å²) in [4.78, 5) is 15.1. The summed E-state index contributed by atoms with van der Waals surface area (Å²) in [6, 6.07) is 10.5. The minimum Gasteiger partial charge on any atom is -0.342 e. The standard InChI is InChI=1S/C22H24N6S/c1-27-10-12-28(13-11-27)21-20(24-17-7-3-4-8-18(17)25-21)26-22-16(14-23)15-6-2-5-9-19(15)29-22/h3-4,7-8H,2,5-6,9-13H2,1H3,(H,24,26)/p+1. The molecule has 2 aromatic heterocycles. The summed E-state index contributed by atoms with van der Waals surface area (Å²) in [5.41, 5.74) is 3.82. The molecule has 0 spiro atoms. The molecule has 1 aromatic carbocycles. The molecule has 3 heterocycles. The number of para-hydroxylation sites is 2. The van der Waals surface area contributed by atoms with E-state index in [9.17, 15) is 5.26 Å². The maximum Gasteiger partial charge on any atom is 0.175 e. The number of rotatable bonds is 3. The van der Waals surface area contributed by atoms with Crippen LogP contribution in [0.3, 0.4) is 0 Å². The number of aromatic nitrogens is 2. The molecule has 2 N–H and O–H groups in total. The number of hydrogen-bond donors (Lipinski definition) is 2. The number of fused-ring (bicyclic) bond motifs is 2. The van der Waals surface area contributed by atoms with E-state index in [0.29, 0.717) is 0 Å². The van der Waals surface area contributed by atoms with Gasteiger partial charge in [0.25, 0.3) is 0 Å². The number of aryl methyl sites for hydroxylation is 1. The third-order valence-electron chi connectivity index (χ3n) is 5.98. The van der Waals surface area contributed by atoms with Gasteiger partial charge in [0.05, 0.1) is 49.8 Å². The van der Waals surface area contributed by atoms with E-state index in [1.165, 1.54) is 23.3 Å². The molecule has 7 heteroatoms. The lowest BCUT2D eigenvalue weighted by atomic mass is 9.96. The van der Waals surface area contributed by atoms with Crippen LogP contribution in [-0.4, -0.2) is 43.2 Å². The average molecular weight is 406 g/mol. The van der Waals surface area contributed by atoms with Crippen molar-refractivity contribution in [2.75, 3.05) is 43.4 Å². The SMILES string of the molecule is C[NH+]1CCN(c2nc3ccccc3nc2Nc2sc3c(c2C#N)CCCC3)CC1. The maximum absolute atomic E-state index is 9.83. The third-order valence-corrected chi connectivity index (χ3v) is 7.19. The number of likely N-dealkylation sites (N-methyl/N-ethyl adjacent to an activating group) is 1. The van der Waals surface area contributed by atoms with Crippen molar-refractivity contribution in [2.24, 2.45) is 0 Å². The molecule has 5 rings (SSSR count). The molecule has 0 amide bonds. The van der Waals surface area contributed by atoms with Gasteiger partial charge in [0.2, 0.25) is 0 Å². The molecule has 0 saturated carbocycles. The Hall–Kier alpha value is -2.69. The molecule has 0 radical (unpaired) electrons. The first-order chi connectivity index (χ1) is 14.2. The number of benzene rings is 1. The summed E-state index contributed by atoms with van der Waals surface area (Å²) >= 11 is 1.72. The largest absolute Gasteiger partial charge is 0.342 e. The van der Waals surface area contributed by atoms with Gasteiger partial charge < -0.3 is 15.1 Å². The number of nitrogens with zero attached hydrogens (tertiary/aromatic N) is 4. The molecule has 1 saturated heterocycles. The molecule has 1 aliphatic carbocycles. The second-order valence-electron chi connectivity index (χ2n) is 7.98. The topological polar surface area (TPSA) is 69.3 Å². The molecule has 0 bridgehead atoms. The first-order valence-electron chi connectivity index (χ1n) is 10.4. The normalized spacial score (nSPS) is 17.2. The monoisotopic (exact) mass is 405 g/mol. The van der Waals surface area contributed by atoms with Crippen molar-refractivity contribution in [2.45, 2.75) is 25.7 Å². The minimum atomic E-state index is 0.762. The van der Waals surface area contributed by atoms with Gasteiger partial charge in [-0.1, -0.05) is 12.1 Å². The van der Waals surface area contributed by atoms with E-state index >= 15 is 0 Å². The van der Waals surface area contributed by atoms with Gasteiger partial charge in [-0.2, -0.15) is 5.26 Å². The molecular weight excluding hydrogens is 380 g/mol. The van der Waals surface area contributed by atoms with Gasteiger partial charge in [-0.05, 0) is 43.4 Å². The zero-order chi connectivity index (χ0) is 19.8. The van der Waals surface area contributed by atoms with Crippen LogP contribution < -0.4 is 15.1 Å². The molecule has 1 aliphatic heterocycles. The van der Waals surface area contributed by atoms with Crippen molar-refractivity contribution in [3.63, 3.8) is 0 Å². The molecule has 29 heavy (non-hydrogen) atoms. The molecule has 6 nitrogen and oxygen atoms in total. The summed E-state index contributed by atoms with van der Waals surface area (Å²) in [5.74, 6) is 1.66. The number of anilines is 3. The molecular formula is C22H25N6S+. The fourth-order valence-electron chi connectivity index (χ4n) is 4.28. The van der Waals surface area contributed by atoms with E-state index in [1.54, 1.807) is 16.2 Å². The summed E-state index contributed by atoms with van der Waals surface area (Å²) < 4.78 is 0. The van der Waals surface area contributed by atoms with Gasteiger partial charge in [-0.25, -0.2) is 9.97 Å². The van der Waals surface area contributed by atoms with E-state index in [-0.39, 0.29) is 0 Å². The minimum absolute atomic E-state index is 0.762. The highest BCUT2D eigenvalue weighted by atomic mass is 32.1. The van der Waals surface area contributed by atoms with E-state index in [2.05, 4.69) is 23.3 Å². The fraction of sp³-hybridized carbons (Fsp3) is 0.409. The Bertz CT molecular complexity index is 1090. The Kier molecular flexibility index (Phi) is 4.82. The fourth-order valence-corrected chi connectivity index (χ4v) is 5.51. The first kappa shape index (κ1) is 18.3. The average Bonchev–Trinajstić information content (AvgIpc) is 3.11. The van der Waals surface area contributed by atoms with Crippen molar-refractivity contribution in [1.29, 1.82) is 5.26 Å². The van der Waals surface area contributed by atoms with Gasteiger partial charge in [-0.15, -0.1) is 11.3 Å². The van der Waals surface area contributed by atoms with Crippen LogP contribution in [0.15, 0.2) is 24.3 Å². The predicted octanol–water partition coefficient (Wildman–Crippen LogP) is 2.52. The van der Waals surface area contributed by atoms with Crippen molar-refractivity contribution in [3.8, 4) is 6.07 Å². The summed E-state index contributed by atoms with van der Waals surface area (Å²) in [7, 11) is 2.23. The van der Waals surface area contributed by atoms with Gasteiger partial charge in [-0.3, -0.25) is 0 Å². The van der Waals surface area contributed by atoms with Crippen LogP contribution in [-0.2, 0) is 12.8 Å². The third kappa shape index (κ3) is 3.43. The number of thiophene rings is 1. The van der Waals surface area contributed by atoms with Crippen molar-refractivity contribution in [1.82, 2.24) is 9.97 Å². The number of piperazine rings is 1. The van der Waals surface area contributed by atoms with Gasteiger partial charge in [0.15, 0.2) is 11.6 Å². The van der Waals surface area contributed by atoms with E-state index in [1.807, 2.05) is 24.3 Å². The summed E-state index contributed by atoms with van der Waals surface area (Å²) in [6.45, 7) is 4.09. The lowest BCUT2D eigenvalue weighted by Crippen LogP contribution is -3.12. The maximum atomic E-state index is 9.83. The lowest BCUT2D eigenvalue weighted by molar-refractivity contribution is -0.880. The summed E-state index contributed by atoms with van der Waals surface area (Å²) in [6.07, 6.45) is 4.47. The van der Waals surface area contributed by atoms with Crippen molar-refractivity contribution < 1.29 is 4.90 Å². The Morgan fingerprint density at radius 3 is 2.59 bits per heavy atom. The van der Waals surface area contributed by atoms with E-state index in [0.717, 1.165) is 72.3 Å². The smallest absolute Gasteiger partial charge is 0.175 e. The number of hydrogen-bond acceptors (Lipinski definition) is 6. The number of quaternary nitrogens is 1. The highest BCUT2D eigenvalue weighted by molar-refractivity contribution is 7.16. The van der Waals surface area contributed by atoms with Crippen molar-refractivity contribution >= 4 is 39.0 Å². The second kappa shape index (κ2) is 7.62. The van der Waals surface area contributed by atoms with Crippen LogP contribution in [0.5, 0.6) is 0 Å². The van der Waals surface area contributed by atoms with Gasteiger partial charge >= 0.3 is 0 Å². The highest BCUT2D eigenvalue weighted by Crippen LogP contribution is 2.40. The molecule has 0 atom stereocenters. The quantitative estimate of drug-likeness (QED) is 0.701. The second-order valence-corrected chi connectivity index (χ2v) is 9.09.